The second-order valence-electron chi connectivity index (χ2n) is 7.35. The molecule has 2 bridgehead atoms. The molecule has 8 heteroatoms. The highest BCUT2D eigenvalue weighted by Crippen LogP contribution is 2.31. The molecule has 5 rings (SSSR count). The van der Waals surface area contributed by atoms with Crippen molar-refractivity contribution in [1.82, 2.24) is 14.8 Å². The van der Waals surface area contributed by atoms with Crippen molar-refractivity contribution in [1.29, 1.82) is 0 Å². The molecule has 4 aliphatic heterocycles. The van der Waals surface area contributed by atoms with Crippen molar-refractivity contribution >= 4 is 23.5 Å². The Balaban J connectivity index is 1.51. The number of carbonyl (C=O) groups excluding carboxylic acids is 3. The van der Waals surface area contributed by atoms with E-state index in [4.69, 9.17) is 4.74 Å². The minimum absolute atomic E-state index is 0.0750. The van der Waals surface area contributed by atoms with Gasteiger partial charge in [-0.05, 0) is 31.4 Å². The average molecular weight is 372 g/mol. The molecule has 8 nitrogen and oxygen atoms in total. The number of rotatable bonds is 4. The van der Waals surface area contributed by atoms with E-state index in [1.54, 1.807) is 23.2 Å². The van der Waals surface area contributed by atoms with Crippen molar-refractivity contribution in [2.24, 2.45) is 5.92 Å². The highest BCUT2D eigenvalue weighted by atomic mass is 16.5. The minimum Gasteiger partial charge on any atom is -0.480 e. The van der Waals surface area contributed by atoms with E-state index in [1.807, 2.05) is 4.90 Å². The van der Waals surface area contributed by atoms with Gasteiger partial charge in [-0.15, -0.1) is 0 Å². The van der Waals surface area contributed by atoms with E-state index in [2.05, 4.69) is 11.9 Å². The van der Waals surface area contributed by atoms with Crippen LogP contribution >= 0.6 is 0 Å². The first-order valence-electron chi connectivity index (χ1n) is 9.55. The number of ether oxygens (including phenoxy) is 1. The summed E-state index contributed by atoms with van der Waals surface area (Å²) in [5.74, 6) is 0.484. The zero-order valence-corrected chi connectivity index (χ0v) is 15.5. The molecule has 0 saturated carbocycles. The van der Waals surface area contributed by atoms with Gasteiger partial charge in [0.05, 0.1) is 5.92 Å². The number of anilines is 1. The molecule has 2 atom stereocenters. The number of piperidine rings is 1. The summed E-state index contributed by atoms with van der Waals surface area (Å²) in [7, 11) is 0. The van der Waals surface area contributed by atoms with Gasteiger partial charge < -0.3 is 14.5 Å². The van der Waals surface area contributed by atoms with Gasteiger partial charge in [-0.3, -0.25) is 19.3 Å². The Hall–Kier alpha value is -2.64. The van der Waals surface area contributed by atoms with Crippen molar-refractivity contribution < 1.29 is 19.1 Å². The van der Waals surface area contributed by atoms with Crippen molar-refractivity contribution in [3.8, 4) is 5.75 Å². The summed E-state index contributed by atoms with van der Waals surface area (Å²) < 4.78 is 5.38. The number of aromatic nitrogens is 1. The molecule has 0 radical (unpaired) electrons. The normalized spacial score (nSPS) is 24.6. The molecule has 27 heavy (non-hydrogen) atoms. The Morgan fingerprint density at radius 3 is 2.96 bits per heavy atom. The summed E-state index contributed by atoms with van der Waals surface area (Å²) in [6.07, 6.45) is 4.24. The van der Waals surface area contributed by atoms with Crippen LogP contribution in [0.2, 0.25) is 0 Å². The molecule has 5 heterocycles. The first kappa shape index (κ1) is 17.8. The fourth-order valence-corrected chi connectivity index (χ4v) is 4.21. The molecule has 0 aliphatic carbocycles. The van der Waals surface area contributed by atoms with Crippen LogP contribution < -0.4 is 9.64 Å². The molecule has 3 saturated heterocycles. The van der Waals surface area contributed by atoms with Gasteiger partial charge in [0.15, 0.2) is 18.2 Å². The standard InChI is InChI=1S/C19H24N4O4/c1-2-8-22-14-6-5-13(19(22)26)9-21(10-14)16(24)11-23-17(25)12-27-15-4-3-7-20-18(15)23/h3-4,7,13-14H,2,5-6,8-12H2,1H3/t13-,14+/m0/s1. The van der Waals surface area contributed by atoms with Gasteiger partial charge >= 0.3 is 0 Å². The Morgan fingerprint density at radius 2 is 2.15 bits per heavy atom. The SMILES string of the molecule is CCCN1C(=O)[C@H]2CC[C@@H]1CN(C(=O)CN1C(=O)COc3cccnc31)C2. The van der Waals surface area contributed by atoms with Crippen LogP contribution in [0.5, 0.6) is 5.75 Å². The van der Waals surface area contributed by atoms with Crippen LogP contribution in [-0.2, 0) is 14.4 Å². The molecule has 0 aromatic carbocycles. The van der Waals surface area contributed by atoms with E-state index in [0.29, 0.717) is 24.7 Å². The zero-order chi connectivity index (χ0) is 19.0. The van der Waals surface area contributed by atoms with E-state index in [9.17, 15) is 14.4 Å². The molecular formula is C19H24N4O4. The van der Waals surface area contributed by atoms with Crippen LogP contribution in [0, 0.1) is 5.92 Å². The van der Waals surface area contributed by atoms with E-state index in [0.717, 1.165) is 25.8 Å². The van der Waals surface area contributed by atoms with Crippen LogP contribution in [0.15, 0.2) is 18.3 Å². The van der Waals surface area contributed by atoms with E-state index < -0.39 is 0 Å². The molecule has 0 spiro atoms. The van der Waals surface area contributed by atoms with E-state index >= 15 is 0 Å². The summed E-state index contributed by atoms with van der Waals surface area (Å²) in [5.41, 5.74) is 0. The second-order valence-corrected chi connectivity index (χ2v) is 7.35. The van der Waals surface area contributed by atoms with Crippen molar-refractivity contribution in [2.45, 2.75) is 32.2 Å². The molecule has 144 valence electrons. The maximum atomic E-state index is 13.0. The van der Waals surface area contributed by atoms with Crippen LogP contribution in [0.25, 0.3) is 0 Å². The lowest BCUT2D eigenvalue weighted by Gasteiger charge is -2.35. The minimum atomic E-state index is -0.281. The predicted octanol–water partition coefficient (Wildman–Crippen LogP) is 0.666. The molecule has 1 aromatic heterocycles. The summed E-state index contributed by atoms with van der Waals surface area (Å²) in [4.78, 5) is 47.3. The third kappa shape index (κ3) is 3.24. The molecular weight excluding hydrogens is 348 g/mol. The van der Waals surface area contributed by atoms with Crippen LogP contribution in [0.1, 0.15) is 26.2 Å². The van der Waals surface area contributed by atoms with Gasteiger partial charge in [-0.25, -0.2) is 4.98 Å². The molecule has 0 unspecified atom stereocenters. The maximum Gasteiger partial charge on any atom is 0.266 e. The summed E-state index contributed by atoms with van der Waals surface area (Å²) in [6.45, 7) is 3.59. The number of hydrogen-bond acceptors (Lipinski definition) is 5. The molecule has 0 N–H and O–H groups in total. The molecule has 3 fully saturated rings. The number of amides is 3. The topological polar surface area (TPSA) is 83.1 Å². The quantitative estimate of drug-likeness (QED) is 0.776. The molecule has 4 aliphatic rings. The zero-order valence-electron chi connectivity index (χ0n) is 15.5. The number of fused-ring (bicyclic) bond motifs is 5. The first-order valence-corrected chi connectivity index (χ1v) is 9.55. The van der Waals surface area contributed by atoms with Crippen LogP contribution in [-0.4, -0.2) is 71.3 Å². The number of carbonyl (C=O) groups is 3. The molecule has 1 aromatic rings. The summed E-state index contributed by atoms with van der Waals surface area (Å²) in [6, 6.07) is 3.54. The highest BCUT2D eigenvalue weighted by Gasteiger charge is 2.42. The Labute approximate surface area is 158 Å². The lowest BCUT2D eigenvalue weighted by Crippen LogP contribution is -2.49. The lowest BCUT2D eigenvalue weighted by atomic mass is 9.94. The van der Waals surface area contributed by atoms with Gasteiger partial charge in [0.25, 0.3) is 5.91 Å². The highest BCUT2D eigenvalue weighted by molar-refractivity contribution is 6.01. The van der Waals surface area contributed by atoms with E-state index in [-0.39, 0.29) is 42.8 Å². The average Bonchev–Trinajstić information content (AvgIpc) is 2.97. The Morgan fingerprint density at radius 1 is 1.30 bits per heavy atom. The van der Waals surface area contributed by atoms with Crippen molar-refractivity contribution in [3.05, 3.63) is 18.3 Å². The monoisotopic (exact) mass is 372 g/mol. The largest absolute Gasteiger partial charge is 0.480 e. The smallest absolute Gasteiger partial charge is 0.266 e. The Bertz CT molecular complexity index is 768. The van der Waals surface area contributed by atoms with Gasteiger partial charge in [0.2, 0.25) is 11.8 Å². The fourth-order valence-electron chi connectivity index (χ4n) is 4.21. The van der Waals surface area contributed by atoms with Crippen molar-refractivity contribution in [3.63, 3.8) is 0 Å². The van der Waals surface area contributed by atoms with Crippen LogP contribution in [0.3, 0.4) is 0 Å². The van der Waals surface area contributed by atoms with Crippen LogP contribution in [0.4, 0.5) is 5.82 Å². The van der Waals surface area contributed by atoms with Gasteiger partial charge in [-0.2, -0.15) is 0 Å². The third-order valence-electron chi connectivity index (χ3n) is 5.56. The number of nitrogens with zero attached hydrogens (tertiary/aromatic N) is 4. The van der Waals surface area contributed by atoms with E-state index in [1.165, 1.54) is 4.90 Å². The van der Waals surface area contributed by atoms with Gasteiger partial charge in [-0.1, -0.05) is 6.92 Å². The van der Waals surface area contributed by atoms with Gasteiger partial charge in [0.1, 0.15) is 6.54 Å². The number of hydrogen-bond donors (Lipinski definition) is 0. The lowest BCUT2D eigenvalue weighted by molar-refractivity contribution is -0.139. The summed E-state index contributed by atoms with van der Waals surface area (Å²) in [5, 5.41) is 0. The maximum absolute atomic E-state index is 13.0. The predicted molar refractivity (Wildman–Crippen MR) is 97.2 cm³/mol. The summed E-state index contributed by atoms with van der Waals surface area (Å²) >= 11 is 0. The second kappa shape index (κ2) is 7.17. The Kier molecular flexibility index (Phi) is 4.72. The first-order chi connectivity index (χ1) is 13.1. The van der Waals surface area contributed by atoms with Gasteiger partial charge in [0, 0.05) is 31.9 Å². The molecule has 3 amide bonds. The third-order valence-corrected chi connectivity index (χ3v) is 5.56. The fraction of sp³-hybridized carbons (Fsp3) is 0.579. The number of pyridine rings is 1. The van der Waals surface area contributed by atoms with Crippen molar-refractivity contribution in [2.75, 3.05) is 37.7 Å².